The van der Waals surface area contributed by atoms with Crippen LogP contribution in [-0.4, -0.2) is 27.1 Å². The summed E-state index contributed by atoms with van der Waals surface area (Å²) in [4.78, 5) is 10.8. The van der Waals surface area contributed by atoms with E-state index in [-0.39, 0.29) is 6.54 Å². The molecule has 0 bridgehead atoms. The molecule has 86 valence electrons. The van der Waals surface area contributed by atoms with E-state index in [9.17, 15) is 4.79 Å². The van der Waals surface area contributed by atoms with Gasteiger partial charge in [0.25, 0.3) is 0 Å². The monoisotopic (exact) mass is 255 g/mol. The van der Waals surface area contributed by atoms with Gasteiger partial charge in [0.2, 0.25) is 0 Å². The highest BCUT2D eigenvalue weighted by Gasteiger charge is 2.18. The lowest BCUT2D eigenvalue weighted by Gasteiger charge is -2.09. The first kappa shape index (κ1) is 13.2. The molecular formula is C11H13NO2S2. The smallest absolute Gasteiger partial charge is 0.318 e. The van der Waals surface area contributed by atoms with Crippen LogP contribution in [0.25, 0.3) is 0 Å². The Hall–Kier alpha value is -0.910. The van der Waals surface area contributed by atoms with E-state index in [4.69, 9.17) is 23.1 Å². The second-order valence-electron chi connectivity index (χ2n) is 3.21. The van der Waals surface area contributed by atoms with Crippen molar-refractivity contribution in [3.05, 3.63) is 35.9 Å². The van der Waals surface area contributed by atoms with E-state index in [0.29, 0.717) is 10.6 Å². The maximum Gasteiger partial charge on any atom is 0.318 e. The molecule has 0 radical (unpaired) electrons. The normalized spacial score (nSPS) is 12.1. The van der Waals surface area contributed by atoms with Gasteiger partial charge in [0.05, 0.1) is 4.20 Å². The van der Waals surface area contributed by atoms with Crippen molar-refractivity contribution in [1.29, 1.82) is 0 Å². The third-order valence-electron chi connectivity index (χ3n) is 1.95. The minimum Gasteiger partial charge on any atom is -0.480 e. The first-order chi connectivity index (χ1) is 7.63. The molecule has 3 nitrogen and oxygen atoms in total. The molecule has 3 N–H and O–H groups in total. The van der Waals surface area contributed by atoms with Gasteiger partial charge in [-0.05, 0) is 5.56 Å². The van der Waals surface area contributed by atoms with E-state index < -0.39 is 11.2 Å². The zero-order valence-electron chi connectivity index (χ0n) is 8.63. The predicted octanol–water partition coefficient (Wildman–Crippen LogP) is 1.70. The van der Waals surface area contributed by atoms with Crippen molar-refractivity contribution in [3.8, 4) is 0 Å². The SMILES string of the molecule is NCC(SC(=S)Cc1ccccc1)C(=O)O. The third kappa shape index (κ3) is 4.30. The summed E-state index contributed by atoms with van der Waals surface area (Å²) in [7, 11) is 0. The molecule has 16 heavy (non-hydrogen) atoms. The van der Waals surface area contributed by atoms with E-state index in [1.807, 2.05) is 30.3 Å². The van der Waals surface area contributed by atoms with Crippen LogP contribution >= 0.6 is 24.0 Å². The number of nitrogens with two attached hydrogens (primary N) is 1. The van der Waals surface area contributed by atoms with Crippen LogP contribution < -0.4 is 5.73 Å². The largest absolute Gasteiger partial charge is 0.480 e. The fourth-order valence-electron chi connectivity index (χ4n) is 1.16. The van der Waals surface area contributed by atoms with Crippen molar-refractivity contribution in [2.24, 2.45) is 5.73 Å². The number of hydrogen-bond donors (Lipinski definition) is 2. The molecule has 0 fully saturated rings. The maximum absolute atomic E-state index is 10.8. The van der Waals surface area contributed by atoms with Crippen LogP contribution in [0.4, 0.5) is 0 Å². The van der Waals surface area contributed by atoms with Crippen molar-refractivity contribution >= 4 is 34.1 Å². The third-order valence-corrected chi connectivity index (χ3v) is 3.47. The lowest BCUT2D eigenvalue weighted by atomic mass is 10.2. The van der Waals surface area contributed by atoms with E-state index >= 15 is 0 Å². The van der Waals surface area contributed by atoms with Gasteiger partial charge in [-0.1, -0.05) is 42.5 Å². The molecular weight excluding hydrogens is 242 g/mol. The van der Waals surface area contributed by atoms with Crippen LogP contribution in [-0.2, 0) is 11.2 Å². The Morgan fingerprint density at radius 1 is 1.44 bits per heavy atom. The quantitative estimate of drug-likeness (QED) is 0.784. The van der Waals surface area contributed by atoms with Gasteiger partial charge < -0.3 is 10.8 Å². The average molecular weight is 255 g/mol. The Morgan fingerprint density at radius 3 is 2.56 bits per heavy atom. The van der Waals surface area contributed by atoms with Gasteiger partial charge in [0.1, 0.15) is 5.25 Å². The summed E-state index contributed by atoms with van der Waals surface area (Å²) in [6.07, 6.45) is 0.602. The highest BCUT2D eigenvalue weighted by molar-refractivity contribution is 8.23. The summed E-state index contributed by atoms with van der Waals surface area (Å²) in [5.41, 5.74) is 6.44. The minimum absolute atomic E-state index is 0.0922. The van der Waals surface area contributed by atoms with Crippen molar-refractivity contribution < 1.29 is 9.90 Å². The number of carboxylic acid groups (broad SMARTS) is 1. The molecule has 1 aromatic carbocycles. The molecule has 0 aliphatic rings. The molecule has 1 atom stereocenters. The Balaban J connectivity index is 2.50. The van der Waals surface area contributed by atoms with Crippen LogP contribution in [0.15, 0.2) is 30.3 Å². The number of thiocarbonyl (C=S) groups is 1. The van der Waals surface area contributed by atoms with Crippen molar-refractivity contribution in [1.82, 2.24) is 0 Å². The van der Waals surface area contributed by atoms with Crippen LogP contribution in [0.5, 0.6) is 0 Å². The van der Waals surface area contributed by atoms with Crippen LogP contribution in [0, 0.1) is 0 Å². The molecule has 0 aromatic heterocycles. The number of rotatable bonds is 5. The van der Waals surface area contributed by atoms with Crippen molar-refractivity contribution in [3.63, 3.8) is 0 Å². The van der Waals surface area contributed by atoms with Crippen molar-refractivity contribution in [2.45, 2.75) is 11.7 Å². The standard InChI is InChI=1S/C11H13NO2S2/c12-7-9(11(13)14)16-10(15)6-8-4-2-1-3-5-8/h1-5,9H,6-7,12H2,(H,13,14). The number of aliphatic carboxylic acids is 1. The molecule has 0 saturated carbocycles. The van der Waals surface area contributed by atoms with Gasteiger partial charge in [-0.2, -0.15) is 0 Å². The summed E-state index contributed by atoms with van der Waals surface area (Å²) in [5, 5.41) is 8.19. The van der Waals surface area contributed by atoms with Gasteiger partial charge in [-0.15, -0.1) is 11.8 Å². The molecule has 1 aromatic rings. The number of carboxylic acids is 1. The minimum atomic E-state index is -0.914. The molecule has 0 aliphatic heterocycles. The molecule has 1 rings (SSSR count). The molecule has 0 heterocycles. The summed E-state index contributed by atoms with van der Waals surface area (Å²) in [5.74, 6) is -0.914. The van der Waals surface area contributed by atoms with Gasteiger partial charge in [0.15, 0.2) is 0 Å². The van der Waals surface area contributed by atoms with Gasteiger partial charge in [-0.3, -0.25) is 4.79 Å². The fourth-order valence-corrected chi connectivity index (χ4v) is 2.44. The maximum atomic E-state index is 10.8. The van der Waals surface area contributed by atoms with E-state index in [1.165, 1.54) is 0 Å². The van der Waals surface area contributed by atoms with E-state index in [2.05, 4.69) is 0 Å². The Labute approximate surface area is 104 Å². The number of benzene rings is 1. The Bertz CT molecular complexity index is 368. The second-order valence-corrected chi connectivity index (χ2v) is 5.26. The zero-order chi connectivity index (χ0) is 12.0. The van der Waals surface area contributed by atoms with Crippen LogP contribution in [0.1, 0.15) is 5.56 Å². The van der Waals surface area contributed by atoms with Crippen LogP contribution in [0.3, 0.4) is 0 Å². The average Bonchev–Trinajstić information content (AvgIpc) is 2.27. The highest BCUT2D eigenvalue weighted by atomic mass is 32.2. The lowest BCUT2D eigenvalue weighted by Crippen LogP contribution is -2.27. The molecule has 0 aliphatic carbocycles. The molecule has 1 unspecified atom stereocenters. The van der Waals surface area contributed by atoms with E-state index in [0.717, 1.165) is 17.3 Å². The number of carbonyl (C=O) groups is 1. The predicted molar refractivity (Wildman–Crippen MR) is 70.8 cm³/mol. The van der Waals surface area contributed by atoms with Crippen LogP contribution in [0.2, 0.25) is 0 Å². The number of hydrogen-bond acceptors (Lipinski definition) is 4. The highest BCUT2D eigenvalue weighted by Crippen LogP contribution is 2.16. The van der Waals surface area contributed by atoms with E-state index in [1.54, 1.807) is 0 Å². The zero-order valence-corrected chi connectivity index (χ0v) is 10.3. The molecule has 0 amide bonds. The van der Waals surface area contributed by atoms with Gasteiger partial charge in [0, 0.05) is 13.0 Å². The summed E-state index contributed by atoms with van der Waals surface area (Å²) < 4.78 is 0.657. The fraction of sp³-hybridized carbons (Fsp3) is 0.273. The first-order valence-corrected chi connectivity index (χ1v) is 6.08. The molecule has 5 heteroatoms. The summed E-state index contributed by atoms with van der Waals surface area (Å²) in [6.45, 7) is 0.0922. The van der Waals surface area contributed by atoms with Crippen molar-refractivity contribution in [2.75, 3.05) is 6.54 Å². The van der Waals surface area contributed by atoms with Gasteiger partial charge >= 0.3 is 5.97 Å². The molecule has 0 saturated heterocycles. The first-order valence-electron chi connectivity index (χ1n) is 4.79. The number of thioether (sulfide) groups is 1. The van der Waals surface area contributed by atoms with Gasteiger partial charge in [-0.25, -0.2) is 0 Å². The Kier molecular flexibility index (Phi) is 5.45. The second kappa shape index (κ2) is 6.62. The summed E-state index contributed by atoms with van der Waals surface area (Å²) in [6, 6.07) is 9.72. The Morgan fingerprint density at radius 2 is 2.06 bits per heavy atom. The topological polar surface area (TPSA) is 63.3 Å². The molecule has 0 spiro atoms. The lowest BCUT2D eigenvalue weighted by molar-refractivity contribution is -0.136. The summed E-state index contributed by atoms with van der Waals surface area (Å²) >= 11 is 6.30.